The lowest BCUT2D eigenvalue weighted by molar-refractivity contribution is -0.116. The third-order valence-corrected chi connectivity index (χ3v) is 5.43. The molecule has 3 aromatic rings. The molecule has 1 aromatic heterocycles. The van der Waals surface area contributed by atoms with Crippen molar-refractivity contribution in [2.24, 2.45) is 5.10 Å². The van der Waals surface area contributed by atoms with E-state index in [0.29, 0.717) is 5.57 Å². The monoisotopic (exact) mass is 387 g/mol. The third-order valence-electron chi connectivity index (χ3n) is 5.43. The van der Waals surface area contributed by atoms with E-state index in [1.54, 1.807) is 0 Å². The number of aliphatic hydroxyl groups excluding tert-OH is 1. The Bertz CT molecular complexity index is 1080. The normalized spacial score (nSPS) is 16.3. The van der Waals surface area contributed by atoms with Crippen molar-refractivity contribution in [3.8, 4) is 0 Å². The van der Waals surface area contributed by atoms with Crippen LogP contribution in [-0.2, 0) is 11.3 Å². The molecule has 0 fully saturated rings. The van der Waals surface area contributed by atoms with E-state index in [1.807, 2.05) is 36.4 Å². The molecule has 0 radical (unpaired) electrons. The molecular weight excluding hydrogens is 362 g/mol. The second kappa shape index (κ2) is 8.45. The largest absolute Gasteiger partial charge is 0.396 e. The van der Waals surface area contributed by atoms with Gasteiger partial charge in [-0.25, -0.2) is 5.43 Å². The number of carbonyl (C=O) groups is 1. The van der Waals surface area contributed by atoms with Gasteiger partial charge in [-0.05, 0) is 30.5 Å². The molecular formula is C24H25N3O2. The SMILES string of the molecule is CC(C1=NNC(=O)/C1=C/c1cn(CCCCO)c2ccccc12)c1ccccc1. The number of benzene rings is 2. The minimum Gasteiger partial charge on any atom is -0.396 e. The van der Waals surface area contributed by atoms with Crippen LogP contribution < -0.4 is 5.43 Å². The van der Waals surface area contributed by atoms with Crippen molar-refractivity contribution < 1.29 is 9.90 Å². The molecule has 0 saturated heterocycles. The van der Waals surface area contributed by atoms with Crippen LogP contribution in [0, 0.1) is 0 Å². The number of carbonyl (C=O) groups excluding carboxylic acids is 1. The van der Waals surface area contributed by atoms with Gasteiger partial charge >= 0.3 is 0 Å². The zero-order chi connectivity index (χ0) is 20.2. The standard InChI is InChI=1S/C24H25N3O2/c1-17(18-9-3-2-4-10-18)23-21(24(29)26-25-23)15-19-16-27(13-7-8-14-28)22-12-6-5-11-20(19)22/h2-6,9-12,15-17,28H,7-8,13-14H2,1H3,(H,26,29)/b21-15+. The Labute approximate surface area is 170 Å². The second-order valence-corrected chi connectivity index (χ2v) is 7.35. The molecule has 2 heterocycles. The highest BCUT2D eigenvalue weighted by Crippen LogP contribution is 2.28. The van der Waals surface area contributed by atoms with Crippen molar-refractivity contribution in [1.29, 1.82) is 0 Å². The van der Waals surface area contributed by atoms with Gasteiger partial charge in [-0.1, -0.05) is 55.5 Å². The van der Waals surface area contributed by atoms with E-state index in [2.05, 4.69) is 52.5 Å². The minimum atomic E-state index is -0.167. The average molecular weight is 387 g/mol. The maximum atomic E-state index is 12.6. The van der Waals surface area contributed by atoms with Crippen molar-refractivity contribution in [2.45, 2.75) is 32.2 Å². The number of fused-ring (bicyclic) bond motifs is 1. The quantitative estimate of drug-likeness (QED) is 0.474. The van der Waals surface area contributed by atoms with E-state index in [1.165, 1.54) is 0 Å². The molecule has 1 aliphatic rings. The van der Waals surface area contributed by atoms with Crippen LogP contribution in [0.5, 0.6) is 0 Å². The number of hydrogen-bond acceptors (Lipinski definition) is 3. The maximum Gasteiger partial charge on any atom is 0.273 e. The van der Waals surface area contributed by atoms with E-state index in [0.717, 1.165) is 47.1 Å². The lowest BCUT2D eigenvalue weighted by Crippen LogP contribution is -2.15. The van der Waals surface area contributed by atoms with Crippen LogP contribution in [0.25, 0.3) is 17.0 Å². The van der Waals surface area contributed by atoms with Crippen molar-refractivity contribution in [1.82, 2.24) is 9.99 Å². The predicted molar refractivity (Wildman–Crippen MR) is 117 cm³/mol. The molecule has 0 bridgehead atoms. The molecule has 0 aliphatic carbocycles. The van der Waals surface area contributed by atoms with Crippen LogP contribution in [0.2, 0.25) is 0 Å². The number of nitrogens with one attached hydrogen (secondary N) is 1. The summed E-state index contributed by atoms with van der Waals surface area (Å²) in [4.78, 5) is 12.6. The Hall–Kier alpha value is -3.18. The van der Waals surface area contributed by atoms with Gasteiger partial charge in [0, 0.05) is 41.7 Å². The first-order valence-corrected chi connectivity index (χ1v) is 10.0. The zero-order valence-corrected chi connectivity index (χ0v) is 16.5. The Morgan fingerprint density at radius 1 is 1.10 bits per heavy atom. The fourth-order valence-corrected chi connectivity index (χ4v) is 3.84. The zero-order valence-electron chi connectivity index (χ0n) is 16.5. The summed E-state index contributed by atoms with van der Waals surface area (Å²) < 4.78 is 2.20. The van der Waals surface area contributed by atoms with E-state index in [9.17, 15) is 4.79 Å². The summed E-state index contributed by atoms with van der Waals surface area (Å²) in [6.45, 7) is 3.10. The highest BCUT2D eigenvalue weighted by Gasteiger charge is 2.28. The topological polar surface area (TPSA) is 66.6 Å². The van der Waals surface area contributed by atoms with Crippen LogP contribution >= 0.6 is 0 Å². The number of aliphatic hydroxyl groups is 1. The first-order valence-electron chi connectivity index (χ1n) is 10.0. The van der Waals surface area contributed by atoms with Crippen LogP contribution in [0.4, 0.5) is 0 Å². The van der Waals surface area contributed by atoms with Gasteiger partial charge in [0.1, 0.15) is 0 Å². The highest BCUT2D eigenvalue weighted by atomic mass is 16.2. The van der Waals surface area contributed by atoms with Gasteiger partial charge in [0.05, 0.1) is 11.3 Å². The number of hydrogen-bond donors (Lipinski definition) is 2. The van der Waals surface area contributed by atoms with Crippen molar-refractivity contribution in [3.63, 3.8) is 0 Å². The molecule has 5 nitrogen and oxygen atoms in total. The smallest absolute Gasteiger partial charge is 0.273 e. The predicted octanol–water partition coefficient (Wildman–Crippen LogP) is 4.09. The lowest BCUT2D eigenvalue weighted by Gasteiger charge is -2.11. The summed E-state index contributed by atoms with van der Waals surface area (Å²) in [5.74, 6) is -0.154. The third kappa shape index (κ3) is 3.87. The number of amides is 1. The Morgan fingerprint density at radius 3 is 2.66 bits per heavy atom. The lowest BCUT2D eigenvalue weighted by atomic mass is 9.91. The maximum absolute atomic E-state index is 12.6. The van der Waals surface area contributed by atoms with Gasteiger partial charge in [0.15, 0.2) is 0 Å². The molecule has 0 saturated carbocycles. The van der Waals surface area contributed by atoms with Crippen LogP contribution in [0.15, 0.2) is 71.5 Å². The fourth-order valence-electron chi connectivity index (χ4n) is 3.84. The molecule has 1 unspecified atom stereocenters. The number of para-hydroxylation sites is 1. The molecule has 2 aromatic carbocycles. The summed E-state index contributed by atoms with van der Waals surface area (Å²) in [7, 11) is 0. The molecule has 0 spiro atoms. The summed E-state index contributed by atoms with van der Waals surface area (Å²) in [6.07, 6.45) is 5.72. The Balaban J connectivity index is 1.71. The molecule has 29 heavy (non-hydrogen) atoms. The molecule has 1 amide bonds. The molecule has 2 N–H and O–H groups in total. The summed E-state index contributed by atoms with van der Waals surface area (Å²) in [5, 5.41) is 14.5. The number of aromatic nitrogens is 1. The number of nitrogens with zero attached hydrogens (tertiary/aromatic N) is 2. The van der Waals surface area contributed by atoms with Gasteiger partial charge in [-0.3, -0.25) is 4.79 Å². The summed E-state index contributed by atoms with van der Waals surface area (Å²) in [5.41, 5.74) is 7.27. The summed E-state index contributed by atoms with van der Waals surface area (Å²) in [6, 6.07) is 18.3. The first-order chi connectivity index (χ1) is 14.2. The highest BCUT2D eigenvalue weighted by molar-refractivity contribution is 6.29. The van der Waals surface area contributed by atoms with E-state index < -0.39 is 0 Å². The van der Waals surface area contributed by atoms with E-state index >= 15 is 0 Å². The second-order valence-electron chi connectivity index (χ2n) is 7.35. The van der Waals surface area contributed by atoms with Gasteiger partial charge < -0.3 is 9.67 Å². The van der Waals surface area contributed by atoms with Crippen molar-refractivity contribution in [2.75, 3.05) is 6.61 Å². The van der Waals surface area contributed by atoms with Gasteiger partial charge in [-0.2, -0.15) is 5.10 Å². The fraction of sp³-hybridized carbons (Fsp3) is 0.250. The average Bonchev–Trinajstić information content (AvgIpc) is 3.30. The van der Waals surface area contributed by atoms with Crippen LogP contribution in [0.3, 0.4) is 0 Å². The van der Waals surface area contributed by atoms with Gasteiger partial charge in [0.25, 0.3) is 5.91 Å². The molecule has 1 atom stereocenters. The van der Waals surface area contributed by atoms with Crippen LogP contribution in [0.1, 0.15) is 36.8 Å². The summed E-state index contributed by atoms with van der Waals surface area (Å²) >= 11 is 0. The van der Waals surface area contributed by atoms with E-state index in [-0.39, 0.29) is 18.4 Å². The molecule has 1 aliphatic heterocycles. The number of rotatable bonds is 7. The Kier molecular flexibility index (Phi) is 5.58. The molecule has 148 valence electrons. The van der Waals surface area contributed by atoms with E-state index in [4.69, 9.17) is 5.11 Å². The van der Waals surface area contributed by atoms with Crippen LogP contribution in [-0.4, -0.2) is 27.9 Å². The minimum absolute atomic E-state index is 0.0132. The molecule has 4 rings (SSSR count). The van der Waals surface area contributed by atoms with Crippen molar-refractivity contribution >= 4 is 28.6 Å². The van der Waals surface area contributed by atoms with Gasteiger partial charge in [0.2, 0.25) is 0 Å². The number of unbranched alkanes of at least 4 members (excludes halogenated alkanes) is 1. The number of hydrazone groups is 1. The first kappa shape index (κ1) is 19.2. The Morgan fingerprint density at radius 2 is 1.86 bits per heavy atom. The molecule has 5 heteroatoms. The van der Waals surface area contributed by atoms with Gasteiger partial charge in [-0.15, -0.1) is 0 Å². The van der Waals surface area contributed by atoms with Crippen molar-refractivity contribution in [3.05, 3.63) is 77.5 Å². The number of aryl methyl sites for hydroxylation is 1.